The topological polar surface area (TPSA) is 58.8 Å². The number of nitrogens with zero attached hydrogens (tertiary/aromatic N) is 3. The lowest BCUT2D eigenvalue weighted by Gasteiger charge is -2.31. The van der Waals surface area contributed by atoms with Crippen LogP contribution in [0.3, 0.4) is 0 Å². The van der Waals surface area contributed by atoms with Crippen molar-refractivity contribution in [2.45, 2.75) is 39.8 Å². The smallest absolute Gasteiger partial charge is 0.254 e. The van der Waals surface area contributed by atoms with Crippen molar-refractivity contribution in [1.82, 2.24) is 10.1 Å². The molecule has 3 aromatic rings. The van der Waals surface area contributed by atoms with E-state index >= 15 is 0 Å². The number of hydrogen-bond acceptors (Lipinski definition) is 5. The minimum atomic E-state index is -0.374. The van der Waals surface area contributed by atoms with Gasteiger partial charge in [-0.1, -0.05) is 41.9 Å². The van der Waals surface area contributed by atoms with Crippen LogP contribution in [-0.4, -0.2) is 48.3 Å². The molecule has 0 aliphatic carbocycles. The molecule has 6 nitrogen and oxygen atoms in total. The molecule has 0 radical (unpaired) electrons. The summed E-state index contributed by atoms with van der Waals surface area (Å²) in [6.45, 7) is 8.76. The molecule has 1 fully saturated rings. The number of aryl methyl sites for hydroxylation is 1. The highest BCUT2D eigenvalue weighted by Gasteiger charge is 2.30. The van der Waals surface area contributed by atoms with E-state index in [2.05, 4.69) is 17.0 Å². The van der Waals surface area contributed by atoms with Crippen molar-refractivity contribution in [1.29, 1.82) is 0 Å². The monoisotopic (exact) mass is 451 g/mol. The average molecular weight is 452 g/mol. The van der Waals surface area contributed by atoms with Gasteiger partial charge in [0, 0.05) is 30.3 Å². The second kappa shape index (κ2) is 10.2. The summed E-state index contributed by atoms with van der Waals surface area (Å²) in [5, 5.41) is 4.27. The molecule has 2 heterocycles. The molecule has 1 aliphatic rings. The molecular formula is C26H30FN3O3. The zero-order valence-corrected chi connectivity index (χ0v) is 19.4. The van der Waals surface area contributed by atoms with Crippen LogP contribution in [0.4, 0.5) is 10.3 Å². The molecule has 33 heavy (non-hydrogen) atoms. The van der Waals surface area contributed by atoms with Crippen LogP contribution in [0.5, 0.6) is 0 Å². The summed E-state index contributed by atoms with van der Waals surface area (Å²) in [4.78, 5) is 17.5. The van der Waals surface area contributed by atoms with Gasteiger partial charge in [0.05, 0.1) is 25.3 Å². The fraction of sp³-hybridized carbons (Fsp3) is 0.385. The van der Waals surface area contributed by atoms with Crippen LogP contribution in [-0.2, 0) is 11.3 Å². The predicted molar refractivity (Wildman–Crippen MR) is 126 cm³/mol. The first-order valence-corrected chi connectivity index (χ1v) is 11.4. The van der Waals surface area contributed by atoms with E-state index in [0.717, 1.165) is 12.0 Å². The number of aromatic nitrogens is 1. The van der Waals surface area contributed by atoms with E-state index in [0.29, 0.717) is 54.6 Å². The lowest BCUT2D eigenvalue weighted by atomic mass is 10.0. The summed E-state index contributed by atoms with van der Waals surface area (Å²) in [6.07, 6.45) is 0.782. The van der Waals surface area contributed by atoms with Gasteiger partial charge in [-0.15, -0.1) is 0 Å². The van der Waals surface area contributed by atoms with Crippen molar-refractivity contribution in [3.8, 4) is 11.3 Å². The Balaban J connectivity index is 1.78. The van der Waals surface area contributed by atoms with Gasteiger partial charge < -0.3 is 19.1 Å². The summed E-state index contributed by atoms with van der Waals surface area (Å²) in [7, 11) is 0. The van der Waals surface area contributed by atoms with Gasteiger partial charge in [0.15, 0.2) is 0 Å². The zero-order chi connectivity index (χ0) is 23.4. The second-order valence-electron chi connectivity index (χ2n) is 8.45. The summed E-state index contributed by atoms with van der Waals surface area (Å²) in [5.74, 6) is 0.129. The van der Waals surface area contributed by atoms with Gasteiger partial charge in [0.2, 0.25) is 5.88 Å². The van der Waals surface area contributed by atoms with E-state index in [9.17, 15) is 9.18 Å². The third-order valence-electron chi connectivity index (χ3n) is 6.17. The molecule has 0 N–H and O–H groups in total. The van der Waals surface area contributed by atoms with Gasteiger partial charge in [-0.3, -0.25) is 4.79 Å². The highest BCUT2D eigenvalue weighted by molar-refractivity contribution is 5.94. The first kappa shape index (κ1) is 23.0. The number of rotatable bonds is 7. The van der Waals surface area contributed by atoms with Crippen molar-refractivity contribution in [3.63, 3.8) is 0 Å². The van der Waals surface area contributed by atoms with E-state index in [1.54, 1.807) is 18.2 Å². The fourth-order valence-corrected chi connectivity index (χ4v) is 4.09. The Morgan fingerprint density at radius 2 is 1.94 bits per heavy atom. The molecule has 2 aromatic carbocycles. The molecule has 4 rings (SSSR count). The number of carbonyl (C=O) groups excluding carboxylic acids is 1. The highest BCUT2D eigenvalue weighted by Crippen LogP contribution is 2.35. The molecule has 7 heteroatoms. The van der Waals surface area contributed by atoms with Crippen LogP contribution >= 0.6 is 0 Å². The summed E-state index contributed by atoms with van der Waals surface area (Å²) in [5.41, 5.74) is 3.16. The maximum absolute atomic E-state index is 14.7. The lowest BCUT2D eigenvalue weighted by molar-refractivity contribution is 0.0671. The van der Waals surface area contributed by atoms with Crippen molar-refractivity contribution >= 4 is 11.8 Å². The number of hydrogen-bond donors (Lipinski definition) is 0. The Bertz CT molecular complexity index is 1110. The van der Waals surface area contributed by atoms with Gasteiger partial charge in [0.1, 0.15) is 11.5 Å². The number of anilines is 1. The molecule has 1 amide bonds. The minimum Gasteiger partial charge on any atom is -0.378 e. The molecule has 1 saturated heterocycles. The summed E-state index contributed by atoms with van der Waals surface area (Å²) >= 11 is 0. The number of ether oxygens (including phenoxy) is 1. The Morgan fingerprint density at radius 3 is 2.64 bits per heavy atom. The Morgan fingerprint density at radius 1 is 1.18 bits per heavy atom. The van der Waals surface area contributed by atoms with Gasteiger partial charge in [-0.05, 0) is 44.5 Å². The molecule has 0 unspecified atom stereocenters. The van der Waals surface area contributed by atoms with Crippen LogP contribution < -0.4 is 4.90 Å². The van der Waals surface area contributed by atoms with E-state index in [1.165, 1.54) is 6.07 Å². The average Bonchev–Trinajstić information content (AvgIpc) is 3.25. The maximum atomic E-state index is 14.7. The zero-order valence-electron chi connectivity index (χ0n) is 19.4. The molecule has 174 valence electrons. The van der Waals surface area contributed by atoms with Gasteiger partial charge >= 0.3 is 0 Å². The fourth-order valence-electron chi connectivity index (χ4n) is 4.09. The second-order valence-corrected chi connectivity index (χ2v) is 8.45. The predicted octanol–water partition coefficient (Wildman–Crippen LogP) is 5.07. The first-order valence-electron chi connectivity index (χ1n) is 11.4. The van der Waals surface area contributed by atoms with Crippen LogP contribution in [0.25, 0.3) is 11.3 Å². The molecule has 1 aromatic heterocycles. The van der Waals surface area contributed by atoms with Crippen LogP contribution in [0.15, 0.2) is 53.1 Å². The normalized spacial score (nSPS) is 14.8. The number of halogens is 1. The van der Waals surface area contributed by atoms with E-state index in [1.807, 2.05) is 43.0 Å². The van der Waals surface area contributed by atoms with Crippen molar-refractivity contribution in [2.24, 2.45) is 0 Å². The van der Waals surface area contributed by atoms with Gasteiger partial charge in [-0.2, -0.15) is 0 Å². The van der Waals surface area contributed by atoms with Crippen LogP contribution in [0.1, 0.15) is 41.8 Å². The van der Waals surface area contributed by atoms with E-state index in [-0.39, 0.29) is 24.3 Å². The first-order chi connectivity index (χ1) is 16.0. The van der Waals surface area contributed by atoms with E-state index in [4.69, 9.17) is 9.26 Å². The standard InChI is InChI=1S/C26H30FN3O3/c1-4-19(3)30(25(31)20-9-7-8-18(2)16-20)17-22-24(21-10-5-6-11-23(21)27)28-33-26(22)29-12-14-32-15-13-29/h5-11,16,19H,4,12-15,17H2,1-3H3/t19-/m1/s1. The number of morpholine rings is 1. The third-order valence-corrected chi connectivity index (χ3v) is 6.17. The Kier molecular flexibility index (Phi) is 7.08. The quantitative estimate of drug-likeness (QED) is 0.502. The SMILES string of the molecule is CC[C@@H](C)N(Cc1c(-c2ccccc2F)noc1N1CCOCC1)C(=O)c1cccc(C)c1. The van der Waals surface area contributed by atoms with Crippen LogP contribution in [0, 0.1) is 12.7 Å². The Hall–Kier alpha value is -3.19. The number of amides is 1. The van der Waals surface area contributed by atoms with Crippen LogP contribution in [0.2, 0.25) is 0 Å². The molecule has 0 spiro atoms. The molecule has 0 bridgehead atoms. The summed E-state index contributed by atoms with van der Waals surface area (Å²) in [6, 6.07) is 14.1. The number of carbonyl (C=O) groups is 1. The van der Waals surface area contributed by atoms with Crippen molar-refractivity contribution in [3.05, 3.63) is 71.0 Å². The minimum absolute atomic E-state index is 0.0288. The lowest BCUT2D eigenvalue weighted by Crippen LogP contribution is -2.39. The van der Waals surface area contributed by atoms with Crippen molar-refractivity contribution < 1.29 is 18.4 Å². The largest absolute Gasteiger partial charge is 0.378 e. The molecular weight excluding hydrogens is 421 g/mol. The summed E-state index contributed by atoms with van der Waals surface area (Å²) < 4.78 is 26.0. The third kappa shape index (κ3) is 4.93. The highest BCUT2D eigenvalue weighted by atomic mass is 19.1. The molecule has 0 saturated carbocycles. The number of benzene rings is 2. The Labute approximate surface area is 193 Å². The van der Waals surface area contributed by atoms with Gasteiger partial charge in [-0.25, -0.2) is 4.39 Å². The van der Waals surface area contributed by atoms with Crippen molar-refractivity contribution in [2.75, 3.05) is 31.2 Å². The molecule has 1 atom stereocenters. The van der Waals surface area contributed by atoms with E-state index < -0.39 is 0 Å². The maximum Gasteiger partial charge on any atom is 0.254 e. The van der Waals surface area contributed by atoms with Gasteiger partial charge in [0.25, 0.3) is 5.91 Å². The molecule has 1 aliphatic heterocycles.